The third kappa shape index (κ3) is 6.25. The van der Waals surface area contributed by atoms with Crippen LogP contribution >= 0.6 is 0 Å². The molecule has 3 N–H and O–H groups in total. The van der Waals surface area contributed by atoms with Crippen molar-refractivity contribution in [2.45, 2.75) is 78.4 Å². The monoisotopic (exact) mass is 494 g/mol. The largest absolute Gasteiger partial charge is 0.478 e. The van der Waals surface area contributed by atoms with E-state index in [-0.39, 0.29) is 37.6 Å². The highest BCUT2D eigenvalue weighted by Crippen LogP contribution is 2.57. The molecule has 2 fully saturated rings. The summed E-state index contributed by atoms with van der Waals surface area (Å²) >= 11 is 0. The lowest BCUT2D eigenvalue weighted by Gasteiger charge is -2.57. The van der Waals surface area contributed by atoms with E-state index in [9.17, 15) is 34.2 Å². The van der Waals surface area contributed by atoms with Gasteiger partial charge in [-0.15, -0.1) is 0 Å². The van der Waals surface area contributed by atoms with E-state index in [2.05, 4.69) is 0 Å². The molecular weight excluding hydrogens is 456 g/mol. The van der Waals surface area contributed by atoms with E-state index in [0.29, 0.717) is 31.1 Å². The summed E-state index contributed by atoms with van der Waals surface area (Å²) in [5.41, 5.74) is -0.963. The molecule has 2 aliphatic rings. The number of fused-ring (bicyclic) bond motifs is 1. The van der Waals surface area contributed by atoms with E-state index >= 15 is 0 Å². The molecule has 2 aliphatic carbocycles. The highest BCUT2D eigenvalue weighted by molar-refractivity contribution is 6.00. The van der Waals surface area contributed by atoms with Crippen molar-refractivity contribution >= 4 is 29.8 Å². The first-order valence-corrected chi connectivity index (χ1v) is 12.3. The van der Waals surface area contributed by atoms with Gasteiger partial charge in [0.15, 0.2) is 5.78 Å². The third-order valence-corrected chi connectivity index (χ3v) is 7.86. The molecule has 0 saturated heterocycles. The molecule has 2 rings (SSSR count). The maximum absolute atomic E-state index is 13.6. The van der Waals surface area contributed by atoms with Crippen LogP contribution in [0.3, 0.4) is 0 Å². The Kier molecular flexibility index (Phi) is 9.92. The van der Waals surface area contributed by atoms with Gasteiger partial charge < -0.3 is 24.9 Å². The van der Waals surface area contributed by atoms with E-state index in [1.165, 1.54) is 6.92 Å². The van der Waals surface area contributed by atoms with Crippen molar-refractivity contribution in [3.05, 3.63) is 11.6 Å². The van der Waals surface area contributed by atoms with Crippen molar-refractivity contribution in [1.82, 2.24) is 0 Å². The number of carboxylic acids is 1. The average molecular weight is 495 g/mol. The molecule has 0 aromatic rings. The Bertz CT molecular complexity index is 863. The summed E-state index contributed by atoms with van der Waals surface area (Å²) in [5, 5.41) is 30.1. The Balaban J connectivity index is 2.43. The zero-order valence-corrected chi connectivity index (χ0v) is 20.9. The van der Waals surface area contributed by atoms with Gasteiger partial charge in [0.2, 0.25) is 0 Å². The van der Waals surface area contributed by atoms with Crippen molar-refractivity contribution in [1.29, 1.82) is 0 Å². The van der Waals surface area contributed by atoms with Crippen molar-refractivity contribution < 1.29 is 44.0 Å². The van der Waals surface area contributed by atoms with Gasteiger partial charge in [0, 0.05) is 23.3 Å². The molecule has 0 aromatic heterocycles. The predicted octanol–water partition coefficient (Wildman–Crippen LogP) is 2.11. The van der Waals surface area contributed by atoms with Crippen LogP contribution in [0.2, 0.25) is 0 Å². The molecule has 196 valence electrons. The number of ether oxygens (including phenoxy) is 1. The van der Waals surface area contributed by atoms with Crippen molar-refractivity contribution in [3.63, 3.8) is 0 Å². The minimum absolute atomic E-state index is 0.172. The van der Waals surface area contributed by atoms with Crippen LogP contribution in [-0.4, -0.2) is 63.9 Å². The maximum Gasteiger partial charge on any atom is 0.328 e. The summed E-state index contributed by atoms with van der Waals surface area (Å²) in [4.78, 5) is 61.5. The lowest BCUT2D eigenvalue weighted by molar-refractivity contribution is -0.183. The minimum Gasteiger partial charge on any atom is -0.478 e. The quantitative estimate of drug-likeness (QED) is 0.169. The van der Waals surface area contributed by atoms with Gasteiger partial charge >= 0.3 is 11.9 Å². The van der Waals surface area contributed by atoms with Crippen LogP contribution in [0, 0.1) is 35.0 Å². The Morgan fingerprint density at radius 3 is 2.46 bits per heavy atom. The van der Waals surface area contributed by atoms with Gasteiger partial charge in [-0.1, -0.05) is 32.8 Å². The molecule has 9 heteroatoms. The summed E-state index contributed by atoms with van der Waals surface area (Å²) < 4.78 is 5.43. The van der Waals surface area contributed by atoms with Crippen LogP contribution in [0.1, 0.15) is 66.2 Å². The van der Waals surface area contributed by atoms with Crippen molar-refractivity contribution in [2.24, 2.45) is 35.0 Å². The first-order chi connectivity index (χ1) is 16.4. The molecule has 9 nitrogen and oxygen atoms in total. The van der Waals surface area contributed by atoms with E-state index in [4.69, 9.17) is 9.84 Å². The summed E-state index contributed by atoms with van der Waals surface area (Å²) in [5.74, 6) is -5.48. The number of hydrogen-bond acceptors (Lipinski definition) is 8. The van der Waals surface area contributed by atoms with E-state index < -0.39 is 59.0 Å². The molecule has 35 heavy (non-hydrogen) atoms. The lowest BCUT2D eigenvalue weighted by atomic mass is 9.46. The summed E-state index contributed by atoms with van der Waals surface area (Å²) in [7, 11) is 0. The van der Waals surface area contributed by atoms with Crippen LogP contribution in [0.5, 0.6) is 0 Å². The molecule has 8 atom stereocenters. The number of hydrogen-bond donors (Lipinski definition) is 3. The molecule has 0 bridgehead atoms. The average Bonchev–Trinajstić information content (AvgIpc) is 2.74. The van der Waals surface area contributed by atoms with Crippen molar-refractivity contribution in [2.75, 3.05) is 6.61 Å². The zero-order chi connectivity index (χ0) is 26.5. The number of carboxylic acid groups (broad SMARTS) is 1. The first-order valence-electron chi connectivity index (χ1n) is 12.3. The molecule has 8 unspecified atom stereocenters. The Morgan fingerprint density at radius 1 is 1.23 bits per heavy atom. The normalized spacial score (nSPS) is 34.0. The van der Waals surface area contributed by atoms with E-state index in [0.717, 1.165) is 6.08 Å². The van der Waals surface area contributed by atoms with Crippen molar-refractivity contribution in [3.8, 4) is 0 Å². The van der Waals surface area contributed by atoms with Gasteiger partial charge in [0.1, 0.15) is 18.2 Å². The van der Waals surface area contributed by atoms with Gasteiger partial charge in [-0.3, -0.25) is 14.4 Å². The Labute approximate surface area is 205 Å². The van der Waals surface area contributed by atoms with E-state index in [1.54, 1.807) is 6.92 Å². The van der Waals surface area contributed by atoms with Gasteiger partial charge in [-0.25, -0.2) is 4.79 Å². The molecule has 0 radical (unpaired) electrons. The fourth-order valence-electron chi connectivity index (χ4n) is 6.65. The molecule has 0 spiro atoms. The number of aliphatic hydroxyl groups is 2. The maximum atomic E-state index is 13.6. The fourth-order valence-corrected chi connectivity index (χ4v) is 6.65. The van der Waals surface area contributed by atoms with E-state index in [1.807, 2.05) is 13.8 Å². The number of aliphatic hydroxyl groups excluding tert-OH is 2. The molecule has 0 amide bonds. The zero-order valence-electron chi connectivity index (χ0n) is 20.9. The second kappa shape index (κ2) is 12.0. The highest BCUT2D eigenvalue weighted by atomic mass is 16.5. The molecular formula is C26H38O9. The smallest absolute Gasteiger partial charge is 0.328 e. The topological polar surface area (TPSA) is 155 Å². The number of ketones is 2. The summed E-state index contributed by atoms with van der Waals surface area (Å²) in [6.45, 7) is 6.79. The number of esters is 1. The molecule has 0 aromatic carbocycles. The Morgan fingerprint density at radius 2 is 1.89 bits per heavy atom. The molecule has 0 heterocycles. The Hall–Kier alpha value is -2.39. The summed E-state index contributed by atoms with van der Waals surface area (Å²) in [6, 6.07) is 0. The van der Waals surface area contributed by atoms with Crippen LogP contribution in [0.15, 0.2) is 11.6 Å². The number of aliphatic carboxylic acids is 1. The summed E-state index contributed by atoms with van der Waals surface area (Å²) in [6.07, 6.45) is 0.464. The standard InChI is InChI=1S/C26H38O9/c1-5-6-16(13-35-21(32)10-14(2)9-20(30)31)23-25(34)24(33)18-12-17(28)11-15(3)22(18)26(23,4)19(29)7-8-27/h8-9,15-18,22-24,28,33H,5-7,10-13H2,1-4H3,(H,30,31). The van der Waals surface area contributed by atoms with Crippen LogP contribution in [0.4, 0.5) is 0 Å². The highest BCUT2D eigenvalue weighted by Gasteiger charge is 2.63. The first kappa shape index (κ1) is 28.8. The number of carbonyl (C=O) groups is 5. The molecule has 2 saturated carbocycles. The van der Waals surface area contributed by atoms with Gasteiger partial charge in [0.05, 0.1) is 25.6 Å². The minimum atomic E-state index is -1.37. The SMILES string of the molecule is CCCC(COC(=O)CC(C)=CC(=O)O)C1C(=O)C(O)C2CC(O)CC(C)C2C1(C)C(=O)CC=O. The molecule has 0 aliphatic heterocycles. The van der Waals surface area contributed by atoms with Gasteiger partial charge in [-0.05, 0) is 43.9 Å². The lowest BCUT2D eigenvalue weighted by Crippen LogP contribution is -2.64. The van der Waals surface area contributed by atoms with Crippen LogP contribution in [0.25, 0.3) is 0 Å². The van der Waals surface area contributed by atoms with Crippen LogP contribution < -0.4 is 0 Å². The predicted molar refractivity (Wildman–Crippen MR) is 125 cm³/mol. The second-order valence-electron chi connectivity index (χ2n) is 10.4. The fraction of sp³-hybridized carbons (Fsp3) is 0.731. The number of Topliss-reactive ketones (excluding diaryl/α,β-unsaturated/α-hetero) is 2. The van der Waals surface area contributed by atoms with Gasteiger partial charge in [-0.2, -0.15) is 0 Å². The number of aldehydes is 1. The van der Waals surface area contributed by atoms with Crippen LogP contribution in [-0.2, 0) is 28.7 Å². The second-order valence-corrected chi connectivity index (χ2v) is 10.4. The third-order valence-electron chi connectivity index (χ3n) is 7.86. The number of rotatable bonds is 11. The number of carbonyl (C=O) groups excluding carboxylic acids is 4. The van der Waals surface area contributed by atoms with Gasteiger partial charge in [0.25, 0.3) is 0 Å².